The van der Waals surface area contributed by atoms with Gasteiger partial charge in [-0.25, -0.2) is 4.79 Å². The van der Waals surface area contributed by atoms with E-state index in [4.69, 9.17) is 27.7 Å². The monoisotopic (exact) mass is 1090 g/mol. The molecular weight excluding hydrogens is 1010 g/mol. The minimum atomic E-state index is -1.68. The van der Waals surface area contributed by atoms with Gasteiger partial charge in [0.1, 0.15) is 36.3 Å². The summed E-state index contributed by atoms with van der Waals surface area (Å²) >= 11 is 0. The summed E-state index contributed by atoms with van der Waals surface area (Å²) < 4.78 is 0. The molecule has 31 heteroatoms. The largest absolute Gasteiger partial charge is 0.481 e. The lowest BCUT2D eigenvalue weighted by Gasteiger charge is -2.27. The number of β-amino-alcohol motifs (C(OH)–C–C–N with tert-alkyl or cyclic N) is 1. The van der Waals surface area contributed by atoms with E-state index in [9.17, 15) is 72.9 Å². The molecule has 0 aromatic rings. The Morgan fingerprint density at radius 3 is 1.67 bits per heavy atom. The third-order valence-corrected chi connectivity index (χ3v) is 11.3. The fourth-order valence-electron chi connectivity index (χ4n) is 7.40. The quantitative estimate of drug-likeness (QED) is 0.0157. The predicted octanol–water partition coefficient (Wildman–Crippen LogP) is -7.41. The average Bonchev–Trinajstić information content (AvgIpc) is 3.75. The lowest BCUT2D eigenvalue weighted by molar-refractivity contribution is -0.144. The average molecular weight is 1090 g/mol. The number of unbranched alkanes of at least 4 members (excludes halogenated alkanes) is 1. The van der Waals surface area contributed by atoms with E-state index in [0.717, 1.165) is 4.90 Å². The number of nitrogens with two attached hydrogens (primary N) is 3. The zero-order valence-electron chi connectivity index (χ0n) is 43.4. The van der Waals surface area contributed by atoms with Gasteiger partial charge in [-0.1, -0.05) is 34.1 Å². The number of carbonyl (C=O) groups excluding carboxylic acids is 10. The number of hydrogen-bond donors (Lipinski definition) is 18. The van der Waals surface area contributed by atoms with Crippen LogP contribution in [0.4, 0.5) is 0 Å². The molecule has 1 aliphatic rings. The third-order valence-electron chi connectivity index (χ3n) is 11.3. The second kappa shape index (κ2) is 35.1. The van der Waals surface area contributed by atoms with E-state index in [1.165, 1.54) is 0 Å². The van der Waals surface area contributed by atoms with Gasteiger partial charge >= 0.3 is 11.9 Å². The van der Waals surface area contributed by atoms with Crippen molar-refractivity contribution >= 4 is 77.0 Å². The maximum atomic E-state index is 14.0. The van der Waals surface area contributed by atoms with E-state index in [2.05, 4.69) is 53.2 Å². The highest BCUT2D eigenvalue weighted by Gasteiger charge is 2.40. The van der Waals surface area contributed by atoms with Crippen LogP contribution in [0.25, 0.3) is 0 Å². The van der Waals surface area contributed by atoms with Gasteiger partial charge < -0.3 is 95.7 Å². The maximum Gasteiger partial charge on any atom is 0.326 e. The molecule has 0 radical (unpaired) electrons. The summed E-state index contributed by atoms with van der Waals surface area (Å²) in [6, 6.07) is -9.48. The van der Waals surface area contributed by atoms with Crippen molar-refractivity contribution in [1.29, 1.82) is 5.41 Å². The molecule has 1 heterocycles. The molecule has 0 aliphatic carbocycles. The molecule has 10 amide bonds. The minimum Gasteiger partial charge on any atom is -0.481 e. The lowest BCUT2D eigenvalue weighted by atomic mass is 10.0. The first-order valence-corrected chi connectivity index (χ1v) is 24.8. The summed E-state index contributed by atoms with van der Waals surface area (Å²) in [5.74, 6) is -12.2. The Morgan fingerprint density at radius 1 is 0.605 bits per heavy atom. The van der Waals surface area contributed by atoms with Crippen LogP contribution in [0.3, 0.4) is 0 Å². The van der Waals surface area contributed by atoms with Crippen molar-refractivity contribution in [1.82, 2.24) is 58.1 Å². The first kappa shape index (κ1) is 66.8. The molecule has 430 valence electrons. The Balaban J connectivity index is 3.02. The Labute approximate surface area is 439 Å². The van der Waals surface area contributed by atoms with Gasteiger partial charge in [-0.05, 0) is 63.3 Å². The van der Waals surface area contributed by atoms with Crippen LogP contribution in [-0.2, 0) is 57.5 Å². The Bertz CT molecular complexity index is 2030. The summed E-state index contributed by atoms with van der Waals surface area (Å²) in [4.78, 5) is 154. The number of amides is 10. The number of aliphatic hydroxyl groups is 2. The van der Waals surface area contributed by atoms with Gasteiger partial charge in [-0.15, -0.1) is 0 Å². The van der Waals surface area contributed by atoms with Crippen molar-refractivity contribution in [2.75, 3.05) is 52.4 Å². The highest BCUT2D eigenvalue weighted by atomic mass is 16.4. The first-order valence-electron chi connectivity index (χ1n) is 24.8. The lowest BCUT2D eigenvalue weighted by Crippen LogP contribution is -2.59. The molecular formula is C45H79N15O16. The molecule has 1 aliphatic heterocycles. The summed E-state index contributed by atoms with van der Waals surface area (Å²) in [5, 5.41) is 69.9. The van der Waals surface area contributed by atoms with Gasteiger partial charge in [0.2, 0.25) is 59.1 Å². The molecule has 1 fully saturated rings. The summed E-state index contributed by atoms with van der Waals surface area (Å²) in [5.41, 5.74) is 16.7. The summed E-state index contributed by atoms with van der Waals surface area (Å²) in [6.07, 6.45) is -0.740. The number of carboxylic acid groups (broad SMARTS) is 2. The molecule has 0 unspecified atom stereocenters. The highest BCUT2D eigenvalue weighted by molar-refractivity contribution is 5.97. The van der Waals surface area contributed by atoms with E-state index in [0.29, 0.717) is 25.8 Å². The predicted molar refractivity (Wildman–Crippen MR) is 268 cm³/mol. The van der Waals surface area contributed by atoms with E-state index in [1.807, 2.05) is 0 Å². The zero-order valence-corrected chi connectivity index (χ0v) is 43.4. The fourth-order valence-corrected chi connectivity index (χ4v) is 7.40. The molecule has 8 atom stereocenters. The molecule has 0 aromatic carbocycles. The van der Waals surface area contributed by atoms with Crippen LogP contribution in [-0.4, -0.2) is 203 Å². The van der Waals surface area contributed by atoms with E-state index >= 15 is 0 Å². The van der Waals surface area contributed by atoms with Crippen LogP contribution in [0.15, 0.2) is 0 Å². The van der Waals surface area contributed by atoms with Crippen molar-refractivity contribution in [2.45, 2.75) is 140 Å². The standard InChI is InChI=1S/C45H79N15O16/c1-23(2)14-29(55-35(65)19-51-33(63)17-53-38(69)26(47)8-5-6-12-46)41(72)56-27(9-7-13-50-45(48)49)40(71)58-30(15-24(3)4)42(73)59-31(22-61)39(70)54-18-34(64)52-20-36(66)60-21-25(62)16-32(60)43(74)57-28(44(75)76)10-11-37(67)68/h23-32,61-62H,5-22,46-47H2,1-4H3,(H,51,63)(H,52,64)(H,53,69)(H,54,70)(H,55,65)(H,56,72)(H,57,74)(H,58,71)(H,59,73)(H,67,68)(H,75,76)(H4,48,49,50)/t25-,26+,27+,28+,29+,30+,31+,32+/m1/s1. The topological polar surface area (TPSA) is 511 Å². The van der Waals surface area contributed by atoms with Crippen LogP contribution < -0.4 is 70.4 Å². The van der Waals surface area contributed by atoms with Crippen molar-refractivity contribution in [2.24, 2.45) is 29.0 Å². The van der Waals surface area contributed by atoms with Crippen LogP contribution >= 0.6 is 0 Å². The Morgan fingerprint density at radius 2 is 1.13 bits per heavy atom. The van der Waals surface area contributed by atoms with Crippen molar-refractivity contribution in [3.63, 3.8) is 0 Å². The van der Waals surface area contributed by atoms with Crippen LogP contribution in [0, 0.1) is 17.2 Å². The molecule has 31 nitrogen and oxygen atoms in total. The van der Waals surface area contributed by atoms with Crippen molar-refractivity contribution in [3.8, 4) is 0 Å². The number of likely N-dealkylation sites (tertiary alicyclic amines) is 1. The zero-order chi connectivity index (χ0) is 57.7. The Kier molecular flexibility index (Phi) is 30.8. The maximum absolute atomic E-state index is 14.0. The normalized spacial score (nSPS) is 16.3. The van der Waals surface area contributed by atoms with Crippen LogP contribution in [0.5, 0.6) is 0 Å². The number of carboxylic acids is 2. The number of nitrogens with zero attached hydrogens (tertiary/aromatic N) is 1. The number of nitrogens with one attached hydrogen (secondary N) is 11. The van der Waals surface area contributed by atoms with Crippen molar-refractivity contribution < 1.29 is 78.0 Å². The third kappa shape index (κ3) is 26.8. The van der Waals surface area contributed by atoms with E-state index < -0.39 is 165 Å². The van der Waals surface area contributed by atoms with Gasteiger partial charge in [0.05, 0.1) is 44.9 Å². The number of hydrogen-bond acceptors (Lipinski definition) is 17. The van der Waals surface area contributed by atoms with Gasteiger partial charge in [-0.2, -0.15) is 0 Å². The number of carbonyl (C=O) groups is 12. The molecule has 21 N–H and O–H groups in total. The van der Waals surface area contributed by atoms with Crippen LogP contribution in [0.1, 0.15) is 91.9 Å². The van der Waals surface area contributed by atoms with E-state index in [-0.39, 0.29) is 63.0 Å². The molecule has 76 heavy (non-hydrogen) atoms. The molecule has 1 rings (SSSR count). The smallest absolute Gasteiger partial charge is 0.326 e. The summed E-state index contributed by atoms with van der Waals surface area (Å²) in [7, 11) is 0. The molecule has 0 aromatic heterocycles. The van der Waals surface area contributed by atoms with Gasteiger partial charge in [-0.3, -0.25) is 58.1 Å². The Hall–Kier alpha value is -7.25. The number of aliphatic carboxylic acids is 2. The molecule has 0 saturated carbocycles. The number of aliphatic hydroxyl groups excluding tert-OH is 2. The fraction of sp³-hybridized carbons (Fsp3) is 0.711. The number of guanidine groups is 1. The second-order valence-electron chi connectivity index (χ2n) is 18.9. The second-order valence-corrected chi connectivity index (χ2v) is 18.9. The van der Waals surface area contributed by atoms with Crippen LogP contribution in [0.2, 0.25) is 0 Å². The van der Waals surface area contributed by atoms with E-state index in [1.54, 1.807) is 27.7 Å². The molecule has 0 spiro atoms. The minimum absolute atomic E-state index is 0.0230. The number of rotatable bonds is 36. The van der Waals surface area contributed by atoms with Gasteiger partial charge in [0.25, 0.3) is 0 Å². The SMILES string of the molecule is CC(C)C[C@H](NC(=O)CNC(=O)CNC(=O)[C@@H](N)CCCCN)C(=O)N[C@@H](CCCNC(=N)N)C(=O)N[C@@H](CC(C)C)C(=O)N[C@@H](CO)C(=O)NCC(=O)NCC(=O)N1C[C@H](O)C[C@H]1C(=O)N[C@@H](CCC(=O)O)C(=O)O. The van der Waals surface area contributed by atoms with Crippen molar-refractivity contribution in [3.05, 3.63) is 0 Å². The van der Waals surface area contributed by atoms with Gasteiger partial charge in [0, 0.05) is 25.9 Å². The molecule has 1 saturated heterocycles. The molecule has 0 bridgehead atoms. The van der Waals surface area contributed by atoms with Gasteiger partial charge in [0.15, 0.2) is 5.96 Å². The highest BCUT2D eigenvalue weighted by Crippen LogP contribution is 2.19. The first-order chi connectivity index (χ1) is 35.7. The summed E-state index contributed by atoms with van der Waals surface area (Å²) in [6.45, 7) is 3.57.